The molecule has 0 radical (unpaired) electrons. The summed E-state index contributed by atoms with van der Waals surface area (Å²) < 4.78 is 5.33. The smallest absolute Gasteiger partial charge is 0.311 e. The van der Waals surface area contributed by atoms with Crippen molar-refractivity contribution in [1.82, 2.24) is 5.32 Å². The highest BCUT2D eigenvalue weighted by atomic mass is 16.5. The molecule has 5 nitrogen and oxygen atoms in total. The molecular formula is C16H25NO4. The van der Waals surface area contributed by atoms with Gasteiger partial charge in [0, 0.05) is 19.1 Å². The van der Waals surface area contributed by atoms with Gasteiger partial charge in [-0.3, -0.25) is 9.59 Å². The van der Waals surface area contributed by atoms with Crippen LogP contribution < -0.4 is 5.32 Å². The van der Waals surface area contributed by atoms with Crippen LogP contribution in [0.1, 0.15) is 45.4 Å². The first-order valence-electron chi connectivity index (χ1n) is 7.85. The molecule has 0 aromatic heterocycles. The molecule has 21 heavy (non-hydrogen) atoms. The molecule has 0 spiro atoms. The van der Waals surface area contributed by atoms with Gasteiger partial charge in [-0.25, -0.2) is 0 Å². The van der Waals surface area contributed by atoms with E-state index in [4.69, 9.17) is 4.74 Å². The molecule has 1 aliphatic heterocycles. The molecule has 1 amide bonds. The number of ether oxygens (including phenoxy) is 1. The Hall–Kier alpha value is -1.36. The molecule has 2 N–H and O–H groups in total. The third-order valence-electron chi connectivity index (χ3n) is 4.74. The Labute approximate surface area is 125 Å². The van der Waals surface area contributed by atoms with E-state index in [0.717, 1.165) is 44.1 Å². The minimum absolute atomic E-state index is 0.145. The zero-order valence-corrected chi connectivity index (χ0v) is 12.8. The summed E-state index contributed by atoms with van der Waals surface area (Å²) in [4.78, 5) is 23.5. The van der Waals surface area contributed by atoms with Crippen molar-refractivity contribution in [1.29, 1.82) is 0 Å². The van der Waals surface area contributed by atoms with E-state index in [1.54, 1.807) is 13.2 Å². The molecule has 2 aliphatic rings. The van der Waals surface area contributed by atoms with Crippen LogP contribution in [0, 0.1) is 11.8 Å². The number of methoxy groups -OCH3 is 1. The highest BCUT2D eigenvalue weighted by molar-refractivity contribution is 5.90. The van der Waals surface area contributed by atoms with E-state index in [0.29, 0.717) is 0 Å². The van der Waals surface area contributed by atoms with Gasteiger partial charge in [0.1, 0.15) is 5.92 Å². The molecule has 2 rings (SSSR count). The number of carbonyl (C=O) groups is 2. The fourth-order valence-electron chi connectivity index (χ4n) is 3.69. The second-order valence-electron chi connectivity index (χ2n) is 6.03. The van der Waals surface area contributed by atoms with E-state index in [9.17, 15) is 14.7 Å². The maximum absolute atomic E-state index is 11.9. The summed E-state index contributed by atoms with van der Waals surface area (Å²) in [5, 5.41) is 12.4. The van der Waals surface area contributed by atoms with Gasteiger partial charge < -0.3 is 15.2 Å². The molecule has 0 aromatic rings. The van der Waals surface area contributed by atoms with Crippen molar-refractivity contribution in [2.75, 3.05) is 7.11 Å². The first kappa shape index (κ1) is 16.0. The van der Waals surface area contributed by atoms with Crippen molar-refractivity contribution in [3.63, 3.8) is 0 Å². The summed E-state index contributed by atoms with van der Waals surface area (Å²) in [5.41, 5.74) is 1.12. The SMILES string of the molecule is CCCCCC1=CC(=O)NC2C1CCC(OC)C2C(=O)O. The number of hydrogen-bond donors (Lipinski definition) is 2. The summed E-state index contributed by atoms with van der Waals surface area (Å²) in [6.07, 6.45) is 7.20. The molecule has 0 saturated heterocycles. The van der Waals surface area contributed by atoms with Gasteiger partial charge in [0.25, 0.3) is 0 Å². The van der Waals surface area contributed by atoms with Gasteiger partial charge in [-0.15, -0.1) is 0 Å². The molecule has 0 aromatic carbocycles. The van der Waals surface area contributed by atoms with Gasteiger partial charge in [-0.1, -0.05) is 25.3 Å². The lowest BCUT2D eigenvalue weighted by Crippen LogP contribution is -2.57. The molecule has 0 bridgehead atoms. The van der Waals surface area contributed by atoms with Crippen molar-refractivity contribution in [3.05, 3.63) is 11.6 Å². The quantitative estimate of drug-likeness (QED) is 0.736. The summed E-state index contributed by atoms with van der Waals surface area (Å²) in [6, 6.07) is -0.338. The predicted octanol–water partition coefficient (Wildman–Crippen LogP) is 2.12. The monoisotopic (exact) mass is 295 g/mol. The van der Waals surface area contributed by atoms with Crippen LogP contribution in [-0.4, -0.2) is 36.2 Å². The Morgan fingerprint density at radius 3 is 2.81 bits per heavy atom. The second-order valence-corrected chi connectivity index (χ2v) is 6.03. The van der Waals surface area contributed by atoms with E-state index in [1.807, 2.05) is 0 Å². The highest BCUT2D eigenvalue weighted by Gasteiger charge is 2.47. The Morgan fingerprint density at radius 1 is 1.43 bits per heavy atom. The third kappa shape index (κ3) is 3.46. The number of carboxylic acids is 1. The summed E-state index contributed by atoms with van der Waals surface area (Å²) >= 11 is 0. The van der Waals surface area contributed by atoms with Gasteiger partial charge in [-0.05, 0) is 25.7 Å². The van der Waals surface area contributed by atoms with Crippen LogP contribution in [0.2, 0.25) is 0 Å². The molecule has 1 aliphatic carbocycles. The average molecular weight is 295 g/mol. The molecule has 1 heterocycles. The van der Waals surface area contributed by atoms with Crippen LogP contribution in [0.15, 0.2) is 11.6 Å². The number of hydrogen-bond acceptors (Lipinski definition) is 3. The molecule has 4 unspecified atom stereocenters. The van der Waals surface area contributed by atoms with E-state index in [1.165, 1.54) is 0 Å². The topological polar surface area (TPSA) is 75.6 Å². The van der Waals surface area contributed by atoms with Crippen molar-refractivity contribution in [2.45, 2.75) is 57.6 Å². The van der Waals surface area contributed by atoms with Crippen LogP contribution in [-0.2, 0) is 14.3 Å². The minimum atomic E-state index is -0.883. The second kappa shape index (κ2) is 7.07. The highest BCUT2D eigenvalue weighted by Crippen LogP contribution is 2.39. The fourth-order valence-corrected chi connectivity index (χ4v) is 3.69. The van der Waals surface area contributed by atoms with Gasteiger partial charge in [0.15, 0.2) is 0 Å². The molecule has 5 heteroatoms. The predicted molar refractivity (Wildman–Crippen MR) is 78.8 cm³/mol. The molecular weight excluding hydrogens is 270 g/mol. The van der Waals surface area contributed by atoms with Crippen LogP contribution in [0.25, 0.3) is 0 Å². The fraction of sp³-hybridized carbons (Fsp3) is 0.750. The van der Waals surface area contributed by atoms with Gasteiger partial charge in [-0.2, -0.15) is 0 Å². The van der Waals surface area contributed by atoms with Crippen molar-refractivity contribution < 1.29 is 19.4 Å². The zero-order chi connectivity index (χ0) is 15.4. The number of fused-ring (bicyclic) bond motifs is 1. The van der Waals surface area contributed by atoms with Crippen molar-refractivity contribution >= 4 is 11.9 Å². The molecule has 1 saturated carbocycles. The number of amides is 1. The first-order chi connectivity index (χ1) is 10.1. The van der Waals surface area contributed by atoms with E-state index in [-0.39, 0.29) is 24.0 Å². The Morgan fingerprint density at radius 2 is 2.19 bits per heavy atom. The lowest BCUT2D eigenvalue weighted by molar-refractivity contribution is -0.152. The van der Waals surface area contributed by atoms with Crippen molar-refractivity contribution in [2.24, 2.45) is 11.8 Å². The van der Waals surface area contributed by atoms with Crippen LogP contribution >= 0.6 is 0 Å². The summed E-state index contributed by atoms with van der Waals surface area (Å²) in [7, 11) is 1.55. The number of carboxylic acid groups (broad SMARTS) is 1. The number of aliphatic carboxylic acids is 1. The standard InChI is InChI=1S/C16H25NO4/c1-3-4-5-6-10-9-13(18)17-15-11(10)7-8-12(21-2)14(15)16(19)20/h9,11-12,14-15H,3-8H2,1-2H3,(H,17,18)(H,19,20). The van der Waals surface area contributed by atoms with Gasteiger partial charge in [0.2, 0.25) is 5.91 Å². The van der Waals surface area contributed by atoms with Crippen LogP contribution in [0.5, 0.6) is 0 Å². The summed E-state index contributed by atoms with van der Waals surface area (Å²) in [6.45, 7) is 2.15. The Balaban J connectivity index is 2.18. The molecule has 118 valence electrons. The Bertz CT molecular complexity index is 432. The van der Waals surface area contributed by atoms with Gasteiger partial charge >= 0.3 is 5.97 Å². The normalized spacial score (nSPS) is 32.1. The van der Waals surface area contributed by atoms with Crippen LogP contribution in [0.4, 0.5) is 0 Å². The number of carbonyl (C=O) groups excluding carboxylic acids is 1. The van der Waals surface area contributed by atoms with Gasteiger partial charge in [0.05, 0.1) is 12.1 Å². The lowest BCUT2D eigenvalue weighted by atomic mass is 9.69. The molecule has 1 fully saturated rings. The van der Waals surface area contributed by atoms with E-state index in [2.05, 4.69) is 12.2 Å². The maximum atomic E-state index is 11.9. The van der Waals surface area contributed by atoms with E-state index < -0.39 is 11.9 Å². The average Bonchev–Trinajstić information content (AvgIpc) is 2.45. The van der Waals surface area contributed by atoms with Crippen LogP contribution in [0.3, 0.4) is 0 Å². The number of unbranched alkanes of at least 4 members (excludes halogenated alkanes) is 2. The first-order valence-corrected chi connectivity index (χ1v) is 7.85. The molecule has 4 atom stereocenters. The van der Waals surface area contributed by atoms with E-state index >= 15 is 0 Å². The minimum Gasteiger partial charge on any atom is -0.481 e. The largest absolute Gasteiger partial charge is 0.481 e. The number of nitrogens with one attached hydrogen (secondary N) is 1. The number of rotatable bonds is 6. The lowest BCUT2D eigenvalue weighted by Gasteiger charge is -2.43. The Kier molecular flexibility index (Phi) is 5.39. The zero-order valence-electron chi connectivity index (χ0n) is 12.8. The van der Waals surface area contributed by atoms with Crippen molar-refractivity contribution in [3.8, 4) is 0 Å². The third-order valence-corrected chi connectivity index (χ3v) is 4.74. The summed E-state index contributed by atoms with van der Waals surface area (Å²) in [5.74, 6) is -1.56. The maximum Gasteiger partial charge on any atom is 0.311 e.